The monoisotopic (exact) mass is 293 g/mol. The highest BCUT2D eigenvalue weighted by Crippen LogP contribution is 2.29. The lowest BCUT2D eigenvalue weighted by molar-refractivity contribution is -0.133. The molecule has 0 aliphatic heterocycles. The molecule has 2 aromatic carbocycles. The van der Waals surface area contributed by atoms with Crippen LogP contribution in [-0.4, -0.2) is 16.4 Å². The summed E-state index contributed by atoms with van der Waals surface area (Å²) in [5, 5.41) is 0.744. The van der Waals surface area contributed by atoms with Crippen molar-refractivity contribution in [3.8, 4) is 5.75 Å². The van der Waals surface area contributed by atoms with Crippen LogP contribution in [0.1, 0.15) is 23.7 Å². The van der Waals surface area contributed by atoms with Gasteiger partial charge in [0.25, 0.3) is 5.91 Å². The highest BCUT2D eigenvalue weighted by Gasteiger charge is 2.17. The van der Waals surface area contributed by atoms with E-state index in [9.17, 15) is 9.59 Å². The second-order valence-electron chi connectivity index (χ2n) is 4.88. The summed E-state index contributed by atoms with van der Waals surface area (Å²) in [6.45, 7) is 1.73. The van der Waals surface area contributed by atoms with Crippen molar-refractivity contribution >= 4 is 22.8 Å². The molecule has 4 heteroatoms. The first kappa shape index (κ1) is 14.1. The van der Waals surface area contributed by atoms with Crippen LogP contribution in [0.25, 0.3) is 10.9 Å². The first-order valence-electron chi connectivity index (χ1n) is 7.11. The fourth-order valence-electron chi connectivity index (χ4n) is 2.31. The molecule has 4 nitrogen and oxygen atoms in total. The highest BCUT2D eigenvalue weighted by atomic mass is 16.5. The maximum absolute atomic E-state index is 12.7. The number of para-hydroxylation sites is 1. The molecule has 3 aromatic rings. The topological polar surface area (TPSA) is 48.3 Å². The number of hydrogen-bond donors (Lipinski definition) is 0. The minimum absolute atomic E-state index is 0.157. The number of rotatable bonds is 3. The summed E-state index contributed by atoms with van der Waals surface area (Å²) in [5.41, 5.74) is 1.30. The Bertz CT molecular complexity index is 834. The predicted octanol–water partition coefficient (Wildman–Crippen LogP) is 3.65. The number of nitrogens with zero attached hydrogens (tertiary/aromatic N) is 1. The van der Waals surface area contributed by atoms with Gasteiger partial charge in [-0.2, -0.15) is 0 Å². The van der Waals surface area contributed by atoms with Gasteiger partial charge in [0.1, 0.15) is 0 Å². The Hall–Kier alpha value is -2.88. The molecular weight excluding hydrogens is 278 g/mol. The molecule has 110 valence electrons. The summed E-state index contributed by atoms with van der Waals surface area (Å²) in [6.07, 6.45) is 1.86. The number of esters is 1. The molecule has 0 bridgehead atoms. The van der Waals surface area contributed by atoms with Gasteiger partial charge in [-0.15, -0.1) is 0 Å². The van der Waals surface area contributed by atoms with Gasteiger partial charge in [-0.05, 0) is 24.3 Å². The zero-order valence-corrected chi connectivity index (χ0v) is 12.2. The zero-order chi connectivity index (χ0) is 15.5. The second kappa shape index (κ2) is 5.85. The molecule has 0 amide bonds. The maximum Gasteiger partial charge on any atom is 0.310 e. The quantitative estimate of drug-likeness (QED) is 0.693. The van der Waals surface area contributed by atoms with Gasteiger partial charge in [-0.1, -0.05) is 37.3 Å². The molecule has 1 aromatic heterocycles. The molecule has 0 radical (unpaired) electrons. The van der Waals surface area contributed by atoms with Gasteiger partial charge in [-0.25, -0.2) is 0 Å². The van der Waals surface area contributed by atoms with Crippen molar-refractivity contribution in [1.82, 2.24) is 4.57 Å². The van der Waals surface area contributed by atoms with E-state index in [1.807, 2.05) is 42.5 Å². The molecule has 0 saturated carbocycles. The molecule has 0 aliphatic carbocycles. The maximum atomic E-state index is 12.7. The summed E-state index contributed by atoms with van der Waals surface area (Å²) < 4.78 is 6.85. The Morgan fingerprint density at radius 2 is 1.68 bits per heavy atom. The number of aromatic nitrogens is 1. The van der Waals surface area contributed by atoms with Crippen molar-refractivity contribution in [3.63, 3.8) is 0 Å². The van der Waals surface area contributed by atoms with E-state index in [2.05, 4.69) is 0 Å². The molecule has 0 unspecified atom stereocenters. The zero-order valence-electron chi connectivity index (χ0n) is 12.2. The summed E-state index contributed by atoms with van der Waals surface area (Å²) >= 11 is 0. The van der Waals surface area contributed by atoms with Gasteiger partial charge in [0.05, 0.1) is 11.7 Å². The van der Waals surface area contributed by atoms with Crippen molar-refractivity contribution in [3.05, 3.63) is 66.4 Å². The van der Waals surface area contributed by atoms with Crippen LogP contribution >= 0.6 is 0 Å². The fourth-order valence-corrected chi connectivity index (χ4v) is 2.31. The average Bonchev–Trinajstić information content (AvgIpc) is 2.93. The van der Waals surface area contributed by atoms with Gasteiger partial charge >= 0.3 is 5.97 Å². The molecule has 0 N–H and O–H groups in total. The van der Waals surface area contributed by atoms with Crippen LogP contribution < -0.4 is 4.74 Å². The number of benzene rings is 2. The van der Waals surface area contributed by atoms with Crippen LogP contribution in [0, 0.1) is 0 Å². The van der Waals surface area contributed by atoms with Crippen molar-refractivity contribution in [1.29, 1.82) is 0 Å². The van der Waals surface area contributed by atoms with E-state index in [4.69, 9.17) is 4.74 Å². The van der Waals surface area contributed by atoms with Gasteiger partial charge in [-0.3, -0.25) is 14.2 Å². The third-order valence-electron chi connectivity index (χ3n) is 3.43. The van der Waals surface area contributed by atoms with E-state index >= 15 is 0 Å². The van der Waals surface area contributed by atoms with Crippen LogP contribution in [0.2, 0.25) is 0 Å². The lowest BCUT2D eigenvalue weighted by Crippen LogP contribution is -2.10. The highest BCUT2D eigenvalue weighted by molar-refractivity contribution is 6.04. The van der Waals surface area contributed by atoms with Gasteiger partial charge < -0.3 is 4.74 Å². The van der Waals surface area contributed by atoms with E-state index in [1.54, 1.807) is 25.3 Å². The molecule has 0 aliphatic rings. The van der Waals surface area contributed by atoms with Gasteiger partial charge in [0.15, 0.2) is 5.75 Å². The molecule has 0 spiro atoms. The molecule has 0 fully saturated rings. The van der Waals surface area contributed by atoms with Crippen LogP contribution in [0.3, 0.4) is 0 Å². The molecule has 0 saturated heterocycles. The number of carbonyl (C=O) groups excluding carboxylic acids is 2. The number of ether oxygens (including phenoxy) is 1. The molecule has 22 heavy (non-hydrogen) atoms. The summed E-state index contributed by atoms with van der Waals surface area (Å²) in [4.78, 5) is 24.2. The Balaban J connectivity index is 2.10. The van der Waals surface area contributed by atoms with Gasteiger partial charge in [0, 0.05) is 17.4 Å². The first-order valence-corrected chi connectivity index (χ1v) is 7.11. The van der Waals surface area contributed by atoms with Crippen molar-refractivity contribution in [2.24, 2.45) is 0 Å². The van der Waals surface area contributed by atoms with Crippen molar-refractivity contribution < 1.29 is 14.3 Å². The Morgan fingerprint density at radius 1 is 1.00 bits per heavy atom. The Labute approximate surface area is 127 Å². The van der Waals surface area contributed by atoms with Crippen molar-refractivity contribution in [2.45, 2.75) is 13.3 Å². The summed E-state index contributed by atoms with van der Waals surface area (Å²) in [7, 11) is 0. The largest absolute Gasteiger partial charge is 0.424 e. The third kappa shape index (κ3) is 2.51. The average molecular weight is 293 g/mol. The van der Waals surface area contributed by atoms with Crippen LogP contribution in [0.15, 0.2) is 60.8 Å². The van der Waals surface area contributed by atoms with E-state index in [1.165, 1.54) is 4.57 Å². The summed E-state index contributed by atoms with van der Waals surface area (Å²) in [6, 6.07) is 16.4. The van der Waals surface area contributed by atoms with Crippen LogP contribution in [0.4, 0.5) is 0 Å². The lowest BCUT2D eigenvalue weighted by Gasteiger charge is -2.03. The molecular formula is C18H15NO3. The summed E-state index contributed by atoms with van der Waals surface area (Å²) in [5.74, 6) is -0.0719. The van der Waals surface area contributed by atoms with Crippen LogP contribution in [0.5, 0.6) is 5.75 Å². The van der Waals surface area contributed by atoms with Gasteiger partial charge in [0.2, 0.25) is 0 Å². The Morgan fingerprint density at radius 3 is 2.41 bits per heavy atom. The fraction of sp³-hybridized carbons (Fsp3) is 0.111. The smallest absolute Gasteiger partial charge is 0.310 e. The molecule has 1 heterocycles. The normalized spacial score (nSPS) is 10.6. The molecule has 0 atom stereocenters. The Kier molecular flexibility index (Phi) is 3.74. The SMILES string of the molecule is CCC(=O)Oc1cn(C(=O)c2ccccc2)c2ccccc12. The number of fused-ring (bicyclic) bond motifs is 1. The molecule has 3 rings (SSSR count). The number of carbonyl (C=O) groups is 2. The van der Waals surface area contributed by atoms with Crippen molar-refractivity contribution in [2.75, 3.05) is 0 Å². The first-order chi connectivity index (χ1) is 10.7. The van der Waals surface area contributed by atoms with E-state index in [0.29, 0.717) is 11.3 Å². The standard InChI is InChI=1S/C18H15NO3/c1-2-17(20)22-16-12-19(15-11-7-6-10-14(15)16)18(21)13-8-4-3-5-9-13/h3-12H,2H2,1H3. The van der Waals surface area contributed by atoms with E-state index in [-0.39, 0.29) is 18.3 Å². The van der Waals surface area contributed by atoms with E-state index < -0.39 is 0 Å². The van der Waals surface area contributed by atoms with E-state index in [0.717, 1.165) is 10.9 Å². The number of hydrogen-bond acceptors (Lipinski definition) is 3. The minimum Gasteiger partial charge on any atom is -0.424 e. The third-order valence-corrected chi connectivity index (χ3v) is 3.43. The lowest BCUT2D eigenvalue weighted by atomic mass is 10.2. The second-order valence-corrected chi connectivity index (χ2v) is 4.88. The minimum atomic E-state index is -0.324. The van der Waals surface area contributed by atoms with Crippen LogP contribution in [-0.2, 0) is 4.79 Å². The predicted molar refractivity (Wildman–Crippen MR) is 84.0 cm³/mol.